The summed E-state index contributed by atoms with van der Waals surface area (Å²) in [6, 6.07) is 5.06. The highest BCUT2D eigenvalue weighted by Crippen LogP contribution is 2.29. The van der Waals surface area contributed by atoms with Crippen LogP contribution in [0.4, 0.5) is 0 Å². The second-order valence-corrected chi connectivity index (χ2v) is 4.65. The van der Waals surface area contributed by atoms with Gasteiger partial charge in [-0.25, -0.2) is 4.98 Å². The maximum atomic E-state index is 11.3. The highest BCUT2D eigenvalue weighted by atomic mass is 35.5. The Morgan fingerprint density at radius 3 is 2.70 bits per heavy atom. The van der Waals surface area contributed by atoms with Gasteiger partial charge < -0.3 is 14.0 Å². The molecule has 0 N–H and O–H groups in total. The van der Waals surface area contributed by atoms with E-state index in [2.05, 4.69) is 4.98 Å². The number of carbonyl (C=O) groups is 1. The van der Waals surface area contributed by atoms with Gasteiger partial charge in [0.25, 0.3) is 0 Å². The van der Waals surface area contributed by atoms with Gasteiger partial charge in [0.15, 0.2) is 17.3 Å². The number of Topliss-reactive ketones (excluding diaryl/α,β-unsaturated/α-hetero) is 1. The van der Waals surface area contributed by atoms with Gasteiger partial charge in [-0.1, -0.05) is 11.6 Å². The summed E-state index contributed by atoms with van der Waals surface area (Å²) >= 11 is 5.91. The highest BCUT2D eigenvalue weighted by molar-refractivity contribution is 6.29. The summed E-state index contributed by atoms with van der Waals surface area (Å²) in [7, 11) is 3.34. The second kappa shape index (κ2) is 5.96. The molecule has 0 atom stereocenters. The first-order valence-electron chi connectivity index (χ1n) is 6.00. The number of imidazole rings is 1. The van der Waals surface area contributed by atoms with Crippen molar-refractivity contribution in [3.05, 3.63) is 40.9 Å². The summed E-state index contributed by atoms with van der Waals surface area (Å²) in [4.78, 5) is 15.5. The Morgan fingerprint density at radius 2 is 2.15 bits per heavy atom. The standard InChI is InChI=1S/C14H15ClN2O3/c1-9(18)10-4-5-11(12(6-10)19-3)20-8-14-16-7-13(15)17(14)2/h4-7H,8H2,1-3H3. The Hall–Kier alpha value is -2.01. The van der Waals surface area contributed by atoms with Crippen molar-refractivity contribution in [1.29, 1.82) is 0 Å². The van der Waals surface area contributed by atoms with Crippen LogP contribution in [-0.2, 0) is 13.7 Å². The molecular weight excluding hydrogens is 280 g/mol. The third-order valence-electron chi connectivity index (χ3n) is 2.95. The fourth-order valence-electron chi connectivity index (χ4n) is 1.71. The predicted molar refractivity (Wildman–Crippen MR) is 75.5 cm³/mol. The van der Waals surface area contributed by atoms with Crippen LogP contribution in [0.2, 0.25) is 5.15 Å². The normalized spacial score (nSPS) is 10.4. The number of methoxy groups -OCH3 is 1. The summed E-state index contributed by atoms with van der Waals surface area (Å²) in [5.74, 6) is 1.74. The summed E-state index contributed by atoms with van der Waals surface area (Å²) in [6.45, 7) is 1.77. The molecule has 0 aliphatic heterocycles. The van der Waals surface area contributed by atoms with E-state index in [1.54, 1.807) is 29.0 Å². The number of benzene rings is 1. The second-order valence-electron chi connectivity index (χ2n) is 4.27. The van der Waals surface area contributed by atoms with E-state index in [-0.39, 0.29) is 12.4 Å². The molecule has 0 saturated heterocycles. The first kappa shape index (κ1) is 14.4. The van der Waals surface area contributed by atoms with Gasteiger partial charge in [-0.05, 0) is 25.1 Å². The number of rotatable bonds is 5. The van der Waals surface area contributed by atoms with E-state index in [1.807, 2.05) is 7.05 Å². The lowest BCUT2D eigenvalue weighted by molar-refractivity contribution is 0.101. The van der Waals surface area contributed by atoms with Gasteiger partial charge in [-0.15, -0.1) is 0 Å². The minimum absolute atomic E-state index is 0.0225. The molecule has 20 heavy (non-hydrogen) atoms. The number of ether oxygens (including phenoxy) is 2. The topological polar surface area (TPSA) is 53.4 Å². The highest BCUT2D eigenvalue weighted by Gasteiger charge is 2.10. The zero-order valence-corrected chi connectivity index (χ0v) is 12.3. The van der Waals surface area contributed by atoms with Crippen LogP contribution < -0.4 is 9.47 Å². The number of halogens is 1. The lowest BCUT2D eigenvalue weighted by Crippen LogP contribution is -2.05. The van der Waals surface area contributed by atoms with Gasteiger partial charge in [0.1, 0.15) is 17.6 Å². The van der Waals surface area contributed by atoms with E-state index in [0.717, 1.165) is 0 Å². The Balaban J connectivity index is 2.17. The maximum Gasteiger partial charge on any atom is 0.161 e. The van der Waals surface area contributed by atoms with Crippen LogP contribution in [-0.4, -0.2) is 22.4 Å². The van der Waals surface area contributed by atoms with Crippen molar-refractivity contribution >= 4 is 17.4 Å². The predicted octanol–water partition coefficient (Wildman–Crippen LogP) is 2.86. The van der Waals surface area contributed by atoms with Gasteiger partial charge >= 0.3 is 0 Å². The number of aromatic nitrogens is 2. The Bertz CT molecular complexity index is 637. The number of ketones is 1. The lowest BCUT2D eigenvalue weighted by atomic mass is 10.1. The van der Waals surface area contributed by atoms with E-state index in [1.165, 1.54) is 14.0 Å². The Morgan fingerprint density at radius 1 is 1.40 bits per heavy atom. The fraction of sp³-hybridized carbons (Fsp3) is 0.286. The van der Waals surface area contributed by atoms with Crippen molar-refractivity contribution in [2.75, 3.05) is 7.11 Å². The molecule has 2 aromatic rings. The minimum atomic E-state index is -0.0225. The van der Waals surface area contributed by atoms with Gasteiger partial charge in [-0.2, -0.15) is 0 Å². The number of hydrogen-bond acceptors (Lipinski definition) is 4. The van der Waals surface area contributed by atoms with E-state index in [0.29, 0.717) is 28.0 Å². The fourth-order valence-corrected chi connectivity index (χ4v) is 1.85. The summed E-state index contributed by atoms with van der Waals surface area (Å²) in [5.41, 5.74) is 0.578. The molecule has 2 rings (SSSR count). The summed E-state index contributed by atoms with van der Waals surface area (Å²) in [5, 5.41) is 0.544. The first-order chi connectivity index (χ1) is 9.52. The van der Waals surface area contributed by atoms with Crippen LogP contribution in [0, 0.1) is 0 Å². The molecule has 5 nitrogen and oxygen atoms in total. The van der Waals surface area contributed by atoms with E-state index in [9.17, 15) is 4.79 Å². The molecule has 0 spiro atoms. The van der Waals surface area contributed by atoms with Crippen LogP contribution >= 0.6 is 11.6 Å². The quantitative estimate of drug-likeness (QED) is 0.796. The molecule has 0 saturated carbocycles. The third-order valence-corrected chi connectivity index (χ3v) is 3.31. The van der Waals surface area contributed by atoms with Crippen molar-refractivity contribution in [3.8, 4) is 11.5 Å². The Labute approximate surface area is 122 Å². The monoisotopic (exact) mass is 294 g/mol. The lowest BCUT2D eigenvalue weighted by Gasteiger charge is -2.11. The van der Waals surface area contributed by atoms with Gasteiger partial charge in [-0.3, -0.25) is 4.79 Å². The van der Waals surface area contributed by atoms with E-state index in [4.69, 9.17) is 21.1 Å². The largest absolute Gasteiger partial charge is 0.493 e. The smallest absolute Gasteiger partial charge is 0.161 e. The zero-order valence-electron chi connectivity index (χ0n) is 11.5. The zero-order chi connectivity index (χ0) is 14.7. The maximum absolute atomic E-state index is 11.3. The molecule has 0 radical (unpaired) electrons. The molecule has 0 unspecified atom stereocenters. The average Bonchev–Trinajstić information content (AvgIpc) is 2.76. The van der Waals surface area contributed by atoms with Gasteiger partial charge in [0.2, 0.25) is 0 Å². The van der Waals surface area contributed by atoms with E-state index >= 15 is 0 Å². The molecular formula is C14H15ClN2O3. The van der Waals surface area contributed by atoms with Crippen LogP contribution in [0.3, 0.4) is 0 Å². The molecule has 1 heterocycles. The number of hydrogen-bond donors (Lipinski definition) is 0. The van der Waals surface area contributed by atoms with Crippen LogP contribution in [0.15, 0.2) is 24.4 Å². The van der Waals surface area contributed by atoms with Crippen LogP contribution in [0.25, 0.3) is 0 Å². The van der Waals surface area contributed by atoms with E-state index < -0.39 is 0 Å². The molecule has 6 heteroatoms. The minimum Gasteiger partial charge on any atom is -0.493 e. The summed E-state index contributed by atoms with van der Waals surface area (Å²) < 4.78 is 12.6. The Kier molecular flexibility index (Phi) is 4.29. The van der Waals surface area contributed by atoms with Gasteiger partial charge in [0.05, 0.1) is 13.3 Å². The number of nitrogens with zero attached hydrogens (tertiary/aromatic N) is 2. The van der Waals surface area contributed by atoms with Crippen molar-refractivity contribution in [2.45, 2.75) is 13.5 Å². The summed E-state index contributed by atoms with van der Waals surface area (Å²) in [6.07, 6.45) is 1.57. The number of carbonyl (C=O) groups excluding carboxylic acids is 1. The van der Waals surface area contributed by atoms with Crippen molar-refractivity contribution in [3.63, 3.8) is 0 Å². The van der Waals surface area contributed by atoms with Crippen molar-refractivity contribution in [2.24, 2.45) is 7.05 Å². The molecule has 106 valence electrons. The third kappa shape index (κ3) is 2.93. The molecule has 1 aromatic heterocycles. The van der Waals surface area contributed by atoms with Gasteiger partial charge in [0, 0.05) is 12.6 Å². The molecule has 0 aliphatic carbocycles. The molecule has 0 fully saturated rings. The molecule has 1 aromatic carbocycles. The SMILES string of the molecule is COc1cc(C(C)=O)ccc1OCc1ncc(Cl)n1C. The van der Waals surface area contributed by atoms with Crippen LogP contribution in [0.5, 0.6) is 11.5 Å². The first-order valence-corrected chi connectivity index (χ1v) is 6.38. The van der Waals surface area contributed by atoms with Crippen molar-refractivity contribution in [1.82, 2.24) is 9.55 Å². The van der Waals surface area contributed by atoms with Crippen LogP contribution in [0.1, 0.15) is 23.1 Å². The average molecular weight is 295 g/mol. The molecule has 0 amide bonds. The van der Waals surface area contributed by atoms with Crippen molar-refractivity contribution < 1.29 is 14.3 Å². The molecule has 0 bridgehead atoms. The molecule has 0 aliphatic rings.